The fraction of sp³-hybridized carbons (Fsp3) is 0.455. The van der Waals surface area contributed by atoms with Crippen LogP contribution in [-0.4, -0.2) is 19.2 Å². The number of halogens is 1. The molecule has 0 heterocycles. The smallest absolute Gasteiger partial charge is 0.165 e. The third kappa shape index (κ3) is 3.00. The molecule has 2 nitrogen and oxygen atoms in total. The summed E-state index contributed by atoms with van der Waals surface area (Å²) in [7, 11) is 1.85. The molecule has 0 aliphatic rings. The minimum atomic E-state index is -0.320. The van der Waals surface area contributed by atoms with E-state index in [4.69, 9.17) is 4.74 Å². The molecule has 0 saturated carbocycles. The van der Waals surface area contributed by atoms with E-state index < -0.39 is 0 Å². The van der Waals surface area contributed by atoms with Crippen LogP contribution in [0.15, 0.2) is 24.3 Å². The fourth-order valence-electron chi connectivity index (χ4n) is 0.892. The molecule has 0 aliphatic heterocycles. The van der Waals surface area contributed by atoms with Crippen LogP contribution < -0.4 is 10.1 Å². The zero-order valence-corrected chi connectivity index (χ0v) is 8.80. The summed E-state index contributed by atoms with van der Waals surface area (Å²) in [4.78, 5) is 0. The van der Waals surface area contributed by atoms with Crippen molar-refractivity contribution in [1.29, 1.82) is 0 Å². The zero-order chi connectivity index (χ0) is 10.6. The number of rotatable bonds is 4. The monoisotopic (exact) mass is 197 g/mol. The molecule has 3 heteroatoms. The highest BCUT2D eigenvalue weighted by molar-refractivity contribution is 5.23. The van der Waals surface area contributed by atoms with Gasteiger partial charge in [-0.15, -0.1) is 0 Å². The molecule has 0 saturated heterocycles. The van der Waals surface area contributed by atoms with Gasteiger partial charge in [0.05, 0.1) is 0 Å². The maximum Gasteiger partial charge on any atom is 0.165 e. The number of hydrogen-bond acceptors (Lipinski definition) is 2. The topological polar surface area (TPSA) is 21.3 Å². The van der Waals surface area contributed by atoms with Gasteiger partial charge in [-0.25, -0.2) is 4.39 Å². The van der Waals surface area contributed by atoms with Gasteiger partial charge in [-0.1, -0.05) is 12.1 Å². The molecule has 1 N–H and O–H groups in total. The molecule has 0 aliphatic carbocycles. The van der Waals surface area contributed by atoms with Crippen LogP contribution in [0.5, 0.6) is 5.75 Å². The average Bonchev–Trinajstić information content (AvgIpc) is 2.17. The highest BCUT2D eigenvalue weighted by Crippen LogP contribution is 2.16. The van der Waals surface area contributed by atoms with Gasteiger partial charge < -0.3 is 10.1 Å². The lowest BCUT2D eigenvalue weighted by molar-refractivity contribution is 0.210. The lowest BCUT2D eigenvalue weighted by Crippen LogP contribution is -2.42. The Morgan fingerprint density at radius 2 is 2.00 bits per heavy atom. The van der Waals surface area contributed by atoms with Crippen LogP contribution >= 0.6 is 0 Å². The van der Waals surface area contributed by atoms with Gasteiger partial charge in [0.1, 0.15) is 6.61 Å². The molecule has 0 unspecified atom stereocenters. The zero-order valence-electron chi connectivity index (χ0n) is 8.80. The Labute approximate surface area is 84.1 Å². The molecule has 1 aromatic rings. The maximum absolute atomic E-state index is 13.1. The van der Waals surface area contributed by atoms with Gasteiger partial charge in [0, 0.05) is 5.54 Å². The first kappa shape index (κ1) is 11.0. The van der Waals surface area contributed by atoms with Gasteiger partial charge in [0.2, 0.25) is 0 Å². The Bertz CT molecular complexity index is 299. The molecule has 0 spiro atoms. The van der Waals surface area contributed by atoms with Crippen LogP contribution in [0.3, 0.4) is 0 Å². The first-order chi connectivity index (χ1) is 6.55. The SMILES string of the molecule is CNC(C)(C)COc1ccccc1F. The molecule has 0 radical (unpaired) electrons. The highest BCUT2D eigenvalue weighted by Gasteiger charge is 2.16. The number of ether oxygens (including phenoxy) is 1. The van der Waals surface area contributed by atoms with Crippen molar-refractivity contribution < 1.29 is 9.13 Å². The van der Waals surface area contributed by atoms with E-state index in [9.17, 15) is 4.39 Å². The van der Waals surface area contributed by atoms with E-state index in [2.05, 4.69) is 5.32 Å². The molecule has 0 amide bonds. The van der Waals surface area contributed by atoms with Crippen molar-refractivity contribution in [3.8, 4) is 5.75 Å². The summed E-state index contributed by atoms with van der Waals surface area (Å²) in [5, 5.41) is 3.08. The van der Waals surface area contributed by atoms with Crippen molar-refractivity contribution in [2.24, 2.45) is 0 Å². The second-order valence-electron chi connectivity index (χ2n) is 3.85. The normalized spacial score (nSPS) is 11.4. The predicted octanol–water partition coefficient (Wildman–Crippen LogP) is 2.20. The van der Waals surface area contributed by atoms with Crippen LogP contribution in [0.25, 0.3) is 0 Å². The first-order valence-electron chi connectivity index (χ1n) is 4.61. The van der Waals surface area contributed by atoms with Gasteiger partial charge in [-0.05, 0) is 33.0 Å². The second kappa shape index (κ2) is 4.42. The van der Waals surface area contributed by atoms with Gasteiger partial charge >= 0.3 is 0 Å². The van der Waals surface area contributed by atoms with Crippen LogP contribution in [0.2, 0.25) is 0 Å². The Morgan fingerprint density at radius 1 is 1.36 bits per heavy atom. The standard InChI is InChI=1S/C11H16FNO/c1-11(2,13-3)8-14-10-7-5-4-6-9(10)12/h4-7,13H,8H2,1-3H3. The molecule has 0 bridgehead atoms. The molecule has 0 fully saturated rings. The Balaban J connectivity index is 2.58. The quantitative estimate of drug-likeness (QED) is 0.799. The first-order valence-corrected chi connectivity index (χ1v) is 4.61. The van der Waals surface area contributed by atoms with Gasteiger partial charge in [0.15, 0.2) is 11.6 Å². The Kier molecular flexibility index (Phi) is 3.47. The summed E-state index contributed by atoms with van der Waals surface area (Å²) < 4.78 is 18.5. The fourth-order valence-corrected chi connectivity index (χ4v) is 0.892. The van der Waals surface area contributed by atoms with Crippen LogP contribution in [0, 0.1) is 5.82 Å². The summed E-state index contributed by atoms with van der Waals surface area (Å²) >= 11 is 0. The van der Waals surface area contributed by atoms with E-state index in [0.29, 0.717) is 12.4 Å². The van der Waals surface area contributed by atoms with E-state index in [1.807, 2.05) is 20.9 Å². The van der Waals surface area contributed by atoms with Crippen molar-refractivity contribution >= 4 is 0 Å². The number of benzene rings is 1. The molecule has 1 aromatic carbocycles. The van der Waals surface area contributed by atoms with E-state index in [0.717, 1.165) is 0 Å². The highest BCUT2D eigenvalue weighted by atomic mass is 19.1. The van der Waals surface area contributed by atoms with Crippen molar-refractivity contribution in [3.05, 3.63) is 30.1 Å². The third-order valence-electron chi connectivity index (χ3n) is 2.10. The van der Waals surface area contributed by atoms with Crippen molar-refractivity contribution in [1.82, 2.24) is 5.32 Å². The predicted molar refractivity (Wildman–Crippen MR) is 55.0 cm³/mol. The van der Waals surface area contributed by atoms with E-state index in [1.54, 1.807) is 18.2 Å². The third-order valence-corrected chi connectivity index (χ3v) is 2.10. The van der Waals surface area contributed by atoms with Crippen molar-refractivity contribution in [3.63, 3.8) is 0 Å². The minimum absolute atomic E-state index is 0.151. The number of likely N-dealkylation sites (N-methyl/N-ethyl adjacent to an activating group) is 1. The van der Waals surface area contributed by atoms with Gasteiger partial charge in [0.25, 0.3) is 0 Å². The second-order valence-corrected chi connectivity index (χ2v) is 3.85. The maximum atomic E-state index is 13.1. The van der Waals surface area contributed by atoms with Gasteiger partial charge in [-0.2, -0.15) is 0 Å². The van der Waals surface area contributed by atoms with E-state index in [-0.39, 0.29) is 11.4 Å². The molecular weight excluding hydrogens is 181 g/mol. The Hall–Kier alpha value is -1.09. The minimum Gasteiger partial charge on any atom is -0.489 e. The summed E-state index contributed by atoms with van der Waals surface area (Å²) in [5.74, 6) is -0.0183. The molecular formula is C11H16FNO. The van der Waals surface area contributed by atoms with E-state index in [1.165, 1.54) is 6.07 Å². The van der Waals surface area contributed by atoms with Crippen LogP contribution in [0.4, 0.5) is 4.39 Å². The molecule has 14 heavy (non-hydrogen) atoms. The number of para-hydroxylation sites is 1. The average molecular weight is 197 g/mol. The van der Waals surface area contributed by atoms with Crippen molar-refractivity contribution in [2.45, 2.75) is 19.4 Å². The van der Waals surface area contributed by atoms with Crippen LogP contribution in [0.1, 0.15) is 13.8 Å². The number of hydrogen-bond donors (Lipinski definition) is 1. The van der Waals surface area contributed by atoms with Crippen molar-refractivity contribution in [2.75, 3.05) is 13.7 Å². The molecule has 1 rings (SSSR count). The summed E-state index contributed by atoms with van der Waals surface area (Å²) in [6.45, 7) is 4.42. The Morgan fingerprint density at radius 3 is 2.57 bits per heavy atom. The van der Waals surface area contributed by atoms with E-state index >= 15 is 0 Å². The molecule has 78 valence electrons. The van der Waals surface area contributed by atoms with Crippen LogP contribution in [-0.2, 0) is 0 Å². The molecule has 0 aromatic heterocycles. The lowest BCUT2D eigenvalue weighted by Gasteiger charge is -2.24. The van der Waals surface area contributed by atoms with Gasteiger partial charge in [-0.3, -0.25) is 0 Å². The summed E-state index contributed by atoms with van der Waals surface area (Å²) in [5.41, 5.74) is -0.151. The summed E-state index contributed by atoms with van der Waals surface area (Å²) in [6.07, 6.45) is 0. The summed E-state index contributed by atoms with van der Waals surface area (Å²) in [6, 6.07) is 6.42. The molecule has 0 atom stereocenters. The lowest BCUT2D eigenvalue weighted by atomic mass is 10.1. The largest absolute Gasteiger partial charge is 0.489 e. The number of nitrogens with one attached hydrogen (secondary N) is 1.